The van der Waals surface area contributed by atoms with Crippen LogP contribution in [0.4, 0.5) is 4.39 Å². The van der Waals surface area contributed by atoms with E-state index in [2.05, 4.69) is 6.92 Å². The SMILES string of the molecule is CCC[C@H](N)c1cc(F)cc(OC)c1. The monoisotopic (exact) mass is 197 g/mol. The van der Waals surface area contributed by atoms with Crippen LogP contribution in [0.3, 0.4) is 0 Å². The van der Waals surface area contributed by atoms with Crippen LogP contribution in [-0.4, -0.2) is 7.11 Å². The Morgan fingerprint density at radius 1 is 1.43 bits per heavy atom. The number of hydrogen-bond donors (Lipinski definition) is 1. The minimum absolute atomic E-state index is 0.107. The van der Waals surface area contributed by atoms with Gasteiger partial charge in [0.15, 0.2) is 0 Å². The van der Waals surface area contributed by atoms with Crippen molar-refractivity contribution < 1.29 is 9.13 Å². The third-order valence-corrected chi connectivity index (χ3v) is 2.16. The number of ether oxygens (including phenoxy) is 1. The van der Waals surface area contributed by atoms with Gasteiger partial charge in [-0.25, -0.2) is 4.39 Å². The van der Waals surface area contributed by atoms with Gasteiger partial charge in [0, 0.05) is 12.1 Å². The van der Waals surface area contributed by atoms with Gasteiger partial charge in [0.1, 0.15) is 11.6 Å². The molecule has 3 heteroatoms. The summed E-state index contributed by atoms with van der Waals surface area (Å²) in [6.45, 7) is 2.05. The van der Waals surface area contributed by atoms with E-state index in [1.165, 1.54) is 19.2 Å². The average molecular weight is 197 g/mol. The van der Waals surface area contributed by atoms with Crippen molar-refractivity contribution in [3.05, 3.63) is 29.6 Å². The summed E-state index contributed by atoms with van der Waals surface area (Å²) in [4.78, 5) is 0. The zero-order chi connectivity index (χ0) is 10.6. The number of methoxy groups -OCH3 is 1. The largest absolute Gasteiger partial charge is 0.497 e. The number of halogens is 1. The van der Waals surface area contributed by atoms with Gasteiger partial charge in [0.05, 0.1) is 7.11 Å². The first-order chi connectivity index (χ1) is 6.67. The molecule has 1 atom stereocenters. The summed E-state index contributed by atoms with van der Waals surface area (Å²) in [6, 6.07) is 4.48. The minimum Gasteiger partial charge on any atom is -0.497 e. The molecule has 0 aliphatic carbocycles. The van der Waals surface area contributed by atoms with Gasteiger partial charge >= 0.3 is 0 Å². The molecule has 0 aromatic heterocycles. The Balaban J connectivity index is 2.90. The third kappa shape index (κ3) is 2.70. The molecule has 0 bridgehead atoms. The van der Waals surface area contributed by atoms with E-state index in [9.17, 15) is 4.39 Å². The first kappa shape index (κ1) is 11.0. The van der Waals surface area contributed by atoms with Gasteiger partial charge in [-0.1, -0.05) is 13.3 Å². The van der Waals surface area contributed by atoms with Crippen molar-refractivity contribution in [3.63, 3.8) is 0 Å². The zero-order valence-corrected chi connectivity index (χ0v) is 8.59. The van der Waals surface area contributed by atoms with Crippen molar-refractivity contribution in [2.45, 2.75) is 25.8 Å². The predicted molar refractivity (Wildman–Crippen MR) is 54.8 cm³/mol. The maximum atomic E-state index is 13.1. The Bertz CT molecular complexity index is 301. The summed E-state index contributed by atoms with van der Waals surface area (Å²) < 4.78 is 18.0. The number of benzene rings is 1. The molecule has 1 aromatic carbocycles. The van der Waals surface area contributed by atoms with E-state index < -0.39 is 0 Å². The van der Waals surface area contributed by atoms with Crippen LogP contribution in [0.25, 0.3) is 0 Å². The molecule has 0 unspecified atom stereocenters. The van der Waals surface area contributed by atoms with Gasteiger partial charge in [-0.3, -0.25) is 0 Å². The Kier molecular flexibility index (Phi) is 3.89. The van der Waals surface area contributed by atoms with E-state index in [1.807, 2.05) is 0 Å². The van der Waals surface area contributed by atoms with Crippen LogP contribution in [0.2, 0.25) is 0 Å². The van der Waals surface area contributed by atoms with E-state index in [1.54, 1.807) is 6.07 Å². The van der Waals surface area contributed by atoms with Crippen molar-refractivity contribution >= 4 is 0 Å². The summed E-state index contributed by atoms with van der Waals surface area (Å²) in [7, 11) is 1.52. The van der Waals surface area contributed by atoms with Crippen LogP contribution in [0.15, 0.2) is 18.2 Å². The van der Waals surface area contributed by atoms with Gasteiger partial charge in [-0.2, -0.15) is 0 Å². The smallest absolute Gasteiger partial charge is 0.127 e. The Hall–Kier alpha value is -1.09. The van der Waals surface area contributed by atoms with E-state index in [-0.39, 0.29) is 11.9 Å². The van der Waals surface area contributed by atoms with Crippen molar-refractivity contribution in [1.29, 1.82) is 0 Å². The van der Waals surface area contributed by atoms with Gasteiger partial charge in [-0.05, 0) is 24.1 Å². The lowest BCUT2D eigenvalue weighted by Gasteiger charge is -2.12. The van der Waals surface area contributed by atoms with Crippen LogP contribution in [0.1, 0.15) is 31.4 Å². The maximum absolute atomic E-state index is 13.1. The summed E-state index contributed by atoms with van der Waals surface area (Å²) in [5.41, 5.74) is 6.67. The fourth-order valence-corrected chi connectivity index (χ4v) is 1.39. The lowest BCUT2D eigenvalue weighted by molar-refractivity contribution is 0.409. The fourth-order valence-electron chi connectivity index (χ4n) is 1.39. The van der Waals surface area contributed by atoms with Crippen LogP contribution in [0, 0.1) is 5.82 Å². The molecular formula is C11H16FNO. The number of rotatable bonds is 4. The molecule has 0 radical (unpaired) electrons. The predicted octanol–water partition coefficient (Wildman–Crippen LogP) is 2.63. The molecule has 0 spiro atoms. The number of nitrogens with two attached hydrogens (primary N) is 1. The van der Waals surface area contributed by atoms with Crippen molar-refractivity contribution in [3.8, 4) is 5.75 Å². The summed E-state index contributed by atoms with van der Waals surface area (Å²) in [5, 5.41) is 0. The molecule has 0 fully saturated rings. The van der Waals surface area contributed by atoms with Crippen molar-refractivity contribution in [2.24, 2.45) is 5.73 Å². The lowest BCUT2D eigenvalue weighted by atomic mass is 10.0. The Labute approximate surface area is 83.9 Å². The average Bonchev–Trinajstić information content (AvgIpc) is 2.17. The standard InChI is InChI=1S/C11H16FNO/c1-3-4-11(13)8-5-9(12)7-10(6-8)14-2/h5-7,11H,3-4,13H2,1-2H3/t11-/m0/s1. The van der Waals surface area contributed by atoms with Gasteiger partial charge in [0.25, 0.3) is 0 Å². The maximum Gasteiger partial charge on any atom is 0.127 e. The van der Waals surface area contributed by atoms with Crippen LogP contribution >= 0.6 is 0 Å². The molecule has 0 saturated carbocycles. The molecule has 0 aliphatic heterocycles. The Morgan fingerprint density at radius 2 is 2.14 bits per heavy atom. The van der Waals surface area contributed by atoms with Crippen LogP contribution in [-0.2, 0) is 0 Å². The summed E-state index contributed by atoms with van der Waals surface area (Å²) >= 11 is 0. The van der Waals surface area contributed by atoms with E-state index in [0.29, 0.717) is 5.75 Å². The molecule has 78 valence electrons. The molecule has 0 amide bonds. The molecular weight excluding hydrogens is 181 g/mol. The number of hydrogen-bond acceptors (Lipinski definition) is 2. The van der Waals surface area contributed by atoms with Crippen LogP contribution < -0.4 is 10.5 Å². The van der Waals surface area contributed by atoms with Crippen molar-refractivity contribution in [1.82, 2.24) is 0 Å². The molecule has 1 rings (SSSR count). The highest BCUT2D eigenvalue weighted by Crippen LogP contribution is 2.22. The summed E-state index contributed by atoms with van der Waals surface area (Å²) in [5.74, 6) is 0.220. The van der Waals surface area contributed by atoms with E-state index >= 15 is 0 Å². The minimum atomic E-state index is -0.300. The lowest BCUT2D eigenvalue weighted by Crippen LogP contribution is -2.10. The molecule has 2 N–H and O–H groups in total. The molecule has 0 heterocycles. The van der Waals surface area contributed by atoms with Crippen LogP contribution in [0.5, 0.6) is 5.75 Å². The molecule has 1 aromatic rings. The second-order valence-corrected chi connectivity index (χ2v) is 3.32. The molecule has 0 saturated heterocycles. The third-order valence-electron chi connectivity index (χ3n) is 2.16. The first-order valence-electron chi connectivity index (χ1n) is 4.77. The highest BCUT2D eigenvalue weighted by Gasteiger charge is 2.08. The van der Waals surface area contributed by atoms with Gasteiger partial charge in [0.2, 0.25) is 0 Å². The molecule has 0 aliphatic rings. The van der Waals surface area contributed by atoms with E-state index in [4.69, 9.17) is 10.5 Å². The van der Waals surface area contributed by atoms with Gasteiger partial charge < -0.3 is 10.5 Å². The first-order valence-corrected chi connectivity index (χ1v) is 4.77. The highest BCUT2D eigenvalue weighted by atomic mass is 19.1. The second kappa shape index (κ2) is 4.96. The van der Waals surface area contributed by atoms with E-state index in [0.717, 1.165) is 18.4 Å². The fraction of sp³-hybridized carbons (Fsp3) is 0.455. The molecule has 14 heavy (non-hydrogen) atoms. The quantitative estimate of drug-likeness (QED) is 0.805. The molecule has 2 nitrogen and oxygen atoms in total. The summed E-state index contributed by atoms with van der Waals surface area (Å²) in [6.07, 6.45) is 1.84. The Morgan fingerprint density at radius 3 is 2.71 bits per heavy atom. The normalized spacial score (nSPS) is 12.6. The van der Waals surface area contributed by atoms with Crippen molar-refractivity contribution in [2.75, 3.05) is 7.11 Å². The highest BCUT2D eigenvalue weighted by molar-refractivity contribution is 5.31. The zero-order valence-electron chi connectivity index (χ0n) is 8.59. The van der Waals surface area contributed by atoms with Gasteiger partial charge in [-0.15, -0.1) is 0 Å². The second-order valence-electron chi connectivity index (χ2n) is 3.32. The topological polar surface area (TPSA) is 35.2 Å².